The normalized spacial score (nSPS) is 23.3. The van der Waals surface area contributed by atoms with E-state index >= 15 is 0 Å². The van der Waals surface area contributed by atoms with Gasteiger partial charge in [-0.2, -0.15) is 0 Å². The number of hydrogen-bond acceptors (Lipinski definition) is 2. The third-order valence-electron chi connectivity index (χ3n) is 10.7. The van der Waals surface area contributed by atoms with Gasteiger partial charge in [0.25, 0.3) is 0 Å². The number of phenolic OH excluding ortho intramolecular Hbond substituents is 2. The highest BCUT2D eigenvalue weighted by atomic mass is 16.3. The fraction of sp³-hybridized carbons (Fsp3) is 0.368. The summed E-state index contributed by atoms with van der Waals surface area (Å²) in [4.78, 5) is 0. The number of aromatic hydroxyl groups is 2. The van der Waals surface area contributed by atoms with Crippen molar-refractivity contribution < 1.29 is 10.2 Å². The zero-order valence-electron chi connectivity index (χ0n) is 24.2. The summed E-state index contributed by atoms with van der Waals surface area (Å²) in [6.07, 6.45) is 7.18. The van der Waals surface area contributed by atoms with Crippen LogP contribution in [0.5, 0.6) is 11.5 Å². The van der Waals surface area contributed by atoms with Gasteiger partial charge in [0.15, 0.2) is 0 Å². The minimum atomic E-state index is -0.0654. The van der Waals surface area contributed by atoms with Gasteiger partial charge in [0.05, 0.1) is 0 Å². The molecule has 2 heteroatoms. The molecule has 0 bridgehead atoms. The lowest BCUT2D eigenvalue weighted by Crippen LogP contribution is -2.26. The van der Waals surface area contributed by atoms with Crippen LogP contribution in [0.3, 0.4) is 0 Å². The third kappa shape index (κ3) is 3.54. The molecule has 2 nitrogen and oxygen atoms in total. The van der Waals surface area contributed by atoms with Gasteiger partial charge in [0.2, 0.25) is 0 Å². The Morgan fingerprint density at radius 1 is 0.475 bits per heavy atom. The van der Waals surface area contributed by atoms with Crippen molar-refractivity contribution in [1.29, 1.82) is 0 Å². The number of rotatable bonds is 0. The van der Waals surface area contributed by atoms with Crippen LogP contribution in [0.2, 0.25) is 0 Å². The molecule has 0 amide bonds. The summed E-state index contributed by atoms with van der Waals surface area (Å²) in [5.41, 5.74) is 11.9. The van der Waals surface area contributed by atoms with Crippen LogP contribution in [-0.4, -0.2) is 10.2 Å². The molecule has 0 saturated carbocycles. The van der Waals surface area contributed by atoms with E-state index in [1.165, 1.54) is 47.9 Å². The van der Waals surface area contributed by atoms with Crippen LogP contribution in [0.15, 0.2) is 84.9 Å². The van der Waals surface area contributed by atoms with Crippen molar-refractivity contribution in [2.75, 3.05) is 0 Å². The molecule has 204 valence electrons. The summed E-state index contributed by atoms with van der Waals surface area (Å²) in [7, 11) is 0. The summed E-state index contributed by atoms with van der Waals surface area (Å²) in [5.74, 6) is 0.674. The summed E-state index contributed by atoms with van der Waals surface area (Å²) >= 11 is 0. The number of aryl methyl sites for hydroxylation is 2. The molecule has 2 spiro atoms. The molecule has 4 aliphatic rings. The van der Waals surface area contributed by atoms with Gasteiger partial charge in [-0.25, -0.2) is 0 Å². The Morgan fingerprint density at radius 2 is 0.950 bits per heavy atom. The Labute approximate surface area is 238 Å². The number of phenols is 2. The average molecular weight is 529 g/mol. The minimum Gasteiger partial charge on any atom is -0.508 e. The maximum absolute atomic E-state index is 10.1. The van der Waals surface area contributed by atoms with Crippen LogP contribution in [-0.2, 0) is 34.5 Å². The molecule has 4 aromatic rings. The first-order chi connectivity index (χ1) is 19.1. The van der Waals surface area contributed by atoms with Crippen LogP contribution < -0.4 is 0 Å². The molecule has 1 unspecified atom stereocenters. The molecule has 0 aromatic heterocycles. The van der Waals surface area contributed by atoms with E-state index in [4.69, 9.17) is 0 Å². The second-order valence-corrected chi connectivity index (χ2v) is 14.1. The highest BCUT2D eigenvalue weighted by Gasteiger charge is 2.56. The molecule has 1 atom stereocenters. The monoisotopic (exact) mass is 528 g/mol. The number of fused-ring (bicyclic) bond motifs is 8. The highest BCUT2D eigenvalue weighted by molar-refractivity contribution is 5.61. The fourth-order valence-electron chi connectivity index (χ4n) is 9.23. The van der Waals surface area contributed by atoms with E-state index < -0.39 is 0 Å². The predicted octanol–water partition coefficient (Wildman–Crippen LogP) is 8.61. The highest BCUT2D eigenvalue weighted by Crippen LogP contribution is 2.63. The van der Waals surface area contributed by atoms with Crippen molar-refractivity contribution in [2.45, 2.75) is 87.9 Å². The van der Waals surface area contributed by atoms with Gasteiger partial charge in [0, 0.05) is 10.8 Å². The molecule has 0 radical (unpaired) electrons. The van der Waals surface area contributed by atoms with Gasteiger partial charge in [0.1, 0.15) is 11.5 Å². The first-order valence-corrected chi connectivity index (χ1v) is 14.9. The van der Waals surface area contributed by atoms with Gasteiger partial charge >= 0.3 is 0 Å². The molecule has 2 N–H and O–H groups in total. The van der Waals surface area contributed by atoms with Gasteiger partial charge in [-0.05, 0) is 118 Å². The lowest BCUT2D eigenvalue weighted by molar-refractivity contribution is 0.349. The zero-order valence-corrected chi connectivity index (χ0v) is 24.2. The predicted molar refractivity (Wildman–Crippen MR) is 163 cm³/mol. The van der Waals surface area contributed by atoms with E-state index in [1.807, 2.05) is 12.1 Å². The van der Waals surface area contributed by atoms with Crippen molar-refractivity contribution >= 4 is 0 Å². The van der Waals surface area contributed by atoms with E-state index in [2.05, 4.69) is 88.4 Å². The van der Waals surface area contributed by atoms with Gasteiger partial charge in [-0.15, -0.1) is 0 Å². The first kappa shape index (κ1) is 25.4. The number of benzene rings is 4. The largest absolute Gasteiger partial charge is 0.508 e. The van der Waals surface area contributed by atoms with Crippen LogP contribution in [0.4, 0.5) is 0 Å². The zero-order chi connectivity index (χ0) is 27.9. The average Bonchev–Trinajstić information content (AvgIpc) is 3.61. The Morgan fingerprint density at radius 3 is 1.52 bits per heavy atom. The van der Waals surface area contributed by atoms with Gasteiger partial charge in [-0.3, -0.25) is 0 Å². The van der Waals surface area contributed by atoms with Gasteiger partial charge < -0.3 is 10.2 Å². The quantitative estimate of drug-likeness (QED) is 0.240. The molecule has 40 heavy (non-hydrogen) atoms. The van der Waals surface area contributed by atoms with Crippen LogP contribution >= 0.6 is 0 Å². The standard InChI is InChI=1S/C21H24O2.C17H16/c1-19(2)11-21(18-10-14(23)5-7-15(18)19)12-20(3,4)17-9-13(22)6-8-16(17)21;1-3-7-15-13(5-1)9-11-17(15)12-10-14-6-2-4-8-16(14)17/h5-10,22-23H,11-12H2,1-4H3;1-8H,9-12H2. The molecule has 0 heterocycles. The summed E-state index contributed by atoms with van der Waals surface area (Å²) in [6.45, 7) is 9.10. The topological polar surface area (TPSA) is 40.5 Å². The fourth-order valence-corrected chi connectivity index (χ4v) is 9.23. The second-order valence-electron chi connectivity index (χ2n) is 14.1. The molecular formula is C38H40O2. The van der Waals surface area contributed by atoms with Crippen molar-refractivity contribution in [3.8, 4) is 11.5 Å². The summed E-state index contributed by atoms with van der Waals surface area (Å²) in [5, 5.41) is 20.1. The van der Waals surface area contributed by atoms with Crippen molar-refractivity contribution in [3.05, 3.63) is 129 Å². The van der Waals surface area contributed by atoms with E-state index in [9.17, 15) is 10.2 Å². The Kier molecular flexibility index (Phi) is 5.40. The Bertz CT molecular complexity index is 1590. The molecule has 0 aliphatic heterocycles. The van der Waals surface area contributed by atoms with E-state index in [1.54, 1.807) is 34.4 Å². The maximum Gasteiger partial charge on any atom is 0.115 e. The minimum absolute atomic E-state index is 0.0111. The Balaban J connectivity index is 0.000000138. The van der Waals surface area contributed by atoms with Crippen LogP contribution in [0, 0.1) is 0 Å². The molecule has 4 aliphatic carbocycles. The van der Waals surface area contributed by atoms with E-state index in [0.717, 1.165) is 12.8 Å². The lowest BCUT2D eigenvalue weighted by atomic mass is 9.72. The molecule has 4 aromatic carbocycles. The Hall–Kier alpha value is -3.52. The maximum atomic E-state index is 10.1. The van der Waals surface area contributed by atoms with Crippen molar-refractivity contribution in [3.63, 3.8) is 0 Å². The van der Waals surface area contributed by atoms with Crippen molar-refractivity contribution in [1.82, 2.24) is 0 Å². The molecular weight excluding hydrogens is 488 g/mol. The third-order valence-corrected chi connectivity index (χ3v) is 10.7. The SMILES string of the molecule is CC1(C)CC2(CC(C)(C)c3ccc(O)cc32)c2ccc(O)cc21.c1ccc2c(c1)CCC21CCc2ccccc21. The number of hydrogen-bond donors (Lipinski definition) is 2. The van der Waals surface area contributed by atoms with Gasteiger partial charge in [-0.1, -0.05) is 88.4 Å². The molecule has 0 fully saturated rings. The smallest absolute Gasteiger partial charge is 0.115 e. The second kappa shape index (κ2) is 8.49. The summed E-state index contributed by atoms with van der Waals surface area (Å²) in [6, 6.07) is 29.8. The van der Waals surface area contributed by atoms with Crippen LogP contribution in [0.1, 0.15) is 97.9 Å². The molecule has 8 rings (SSSR count). The van der Waals surface area contributed by atoms with Crippen molar-refractivity contribution in [2.24, 2.45) is 0 Å². The lowest BCUT2D eigenvalue weighted by Gasteiger charge is -2.30. The van der Waals surface area contributed by atoms with E-state index in [0.29, 0.717) is 16.9 Å². The van der Waals surface area contributed by atoms with E-state index in [-0.39, 0.29) is 16.2 Å². The first-order valence-electron chi connectivity index (χ1n) is 14.9. The van der Waals surface area contributed by atoms with Crippen LogP contribution in [0.25, 0.3) is 0 Å². The molecule has 0 saturated heterocycles. The summed E-state index contributed by atoms with van der Waals surface area (Å²) < 4.78 is 0.